The van der Waals surface area contributed by atoms with Crippen LogP contribution in [-0.2, 0) is 0 Å². The lowest BCUT2D eigenvalue weighted by molar-refractivity contribution is 0.263. The van der Waals surface area contributed by atoms with Crippen molar-refractivity contribution >= 4 is 21.8 Å². The van der Waals surface area contributed by atoms with Crippen LogP contribution in [0.25, 0.3) is 21.8 Å². The van der Waals surface area contributed by atoms with Crippen LogP contribution in [0.15, 0.2) is 24.3 Å². The van der Waals surface area contributed by atoms with Gasteiger partial charge in [-0.05, 0) is 26.2 Å². The number of likely N-dealkylation sites (N-methyl/N-ethyl adjacent to an activating group) is 1. The molecule has 0 spiro atoms. The number of rotatable bonds is 7. The molecule has 0 saturated heterocycles. The first-order valence-corrected chi connectivity index (χ1v) is 8.11. The summed E-state index contributed by atoms with van der Waals surface area (Å²) in [6.07, 6.45) is 0. The SMILES string of the molecule is COc1cc2c([nH]c3c(OCCN(C)C)cccc32)c(OC)c1OC. The molecule has 3 rings (SSSR count). The predicted molar refractivity (Wildman–Crippen MR) is 99.5 cm³/mol. The topological polar surface area (TPSA) is 56.0 Å². The lowest BCUT2D eigenvalue weighted by atomic mass is 10.1. The van der Waals surface area contributed by atoms with E-state index in [9.17, 15) is 0 Å². The molecule has 1 N–H and O–H groups in total. The van der Waals surface area contributed by atoms with E-state index in [1.54, 1.807) is 21.3 Å². The average Bonchev–Trinajstić information content (AvgIpc) is 2.98. The molecule has 0 fully saturated rings. The van der Waals surface area contributed by atoms with Gasteiger partial charge in [-0.15, -0.1) is 0 Å². The first-order chi connectivity index (χ1) is 12.1. The number of nitrogens with one attached hydrogen (secondary N) is 1. The summed E-state index contributed by atoms with van der Waals surface area (Å²) in [5.74, 6) is 2.63. The molecule has 0 bridgehead atoms. The number of H-pyrrole nitrogens is 1. The average molecular weight is 344 g/mol. The van der Waals surface area contributed by atoms with Crippen molar-refractivity contribution in [2.75, 3.05) is 48.6 Å². The van der Waals surface area contributed by atoms with E-state index < -0.39 is 0 Å². The fourth-order valence-corrected chi connectivity index (χ4v) is 2.96. The third-order valence-electron chi connectivity index (χ3n) is 4.19. The van der Waals surface area contributed by atoms with Gasteiger partial charge >= 0.3 is 0 Å². The Labute approximate surface area is 147 Å². The minimum absolute atomic E-state index is 0.569. The number of aromatic nitrogens is 1. The summed E-state index contributed by atoms with van der Waals surface area (Å²) in [7, 11) is 8.89. The third-order valence-corrected chi connectivity index (χ3v) is 4.19. The van der Waals surface area contributed by atoms with Crippen LogP contribution in [0.3, 0.4) is 0 Å². The summed E-state index contributed by atoms with van der Waals surface area (Å²) < 4.78 is 22.5. The Morgan fingerprint density at radius 3 is 2.28 bits per heavy atom. The van der Waals surface area contributed by atoms with Gasteiger partial charge in [0.05, 0.1) is 32.4 Å². The van der Waals surface area contributed by atoms with Crippen molar-refractivity contribution < 1.29 is 18.9 Å². The zero-order chi connectivity index (χ0) is 18.0. The molecule has 1 heterocycles. The highest BCUT2D eigenvalue weighted by Gasteiger charge is 2.20. The molecule has 2 aromatic carbocycles. The highest BCUT2D eigenvalue weighted by atomic mass is 16.5. The van der Waals surface area contributed by atoms with Crippen LogP contribution >= 0.6 is 0 Å². The Hall–Kier alpha value is -2.60. The van der Waals surface area contributed by atoms with Gasteiger partial charge in [-0.1, -0.05) is 12.1 Å². The summed E-state index contributed by atoms with van der Waals surface area (Å²) in [6, 6.07) is 7.97. The molecule has 6 heteroatoms. The third kappa shape index (κ3) is 3.05. The zero-order valence-electron chi connectivity index (χ0n) is 15.3. The van der Waals surface area contributed by atoms with E-state index in [0.717, 1.165) is 34.1 Å². The van der Waals surface area contributed by atoms with Crippen LogP contribution in [-0.4, -0.2) is 58.5 Å². The van der Waals surface area contributed by atoms with Crippen molar-refractivity contribution in [1.82, 2.24) is 9.88 Å². The molecule has 0 aliphatic carbocycles. The minimum Gasteiger partial charge on any atom is -0.493 e. The molecule has 0 aliphatic heterocycles. The molecule has 6 nitrogen and oxygen atoms in total. The Morgan fingerprint density at radius 2 is 1.64 bits per heavy atom. The monoisotopic (exact) mass is 344 g/mol. The van der Waals surface area contributed by atoms with Gasteiger partial charge in [-0.3, -0.25) is 0 Å². The van der Waals surface area contributed by atoms with Crippen molar-refractivity contribution in [2.45, 2.75) is 0 Å². The summed E-state index contributed by atoms with van der Waals surface area (Å²) in [4.78, 5) is 5.52. The maximum atomic E-state index is 5.97. The number of ether oxygens (including phenoxy) is 4. The predicted octanol–water partition coefficient (Wildman–Crippen LogP) is 3.29. The smallest absolute Gasteiger partial charge is 0.205 e. The molecule has 0 atom stereocenters. The highest BCUT2D eigenvalue weighted by Crippen LogP contribution is 2.46. The van der Waals surface area contributed by atoms with Crippen molar-refractivity contribution in [3.63, 3.8) is 0 Å². The van der Waals surface area contributed by atoms with Crippen LogP contribution in [0, 0.1) is 0 Å². The number of para-hydroxylation sites is 1. The molecule has 0 amide bonds. The van der Waals surface area contributed by atoms with Crippen molar-refractivity contribution in [1.29, 1.82) is 0 Å². The van der Waals surface area contributed by atoms with E-state index in [-0.39, 0.29) is 0 Å². The maximum Gasteiger partial charge on any atom is 0.205 e. The summed E-state index contributed by atoms with van der Waals surface area (Å²) >= 11 is 0. The fraction of sp³-hybridized carbons (Fsp3) is 0.368. The largest absolute Gasteiger partial charge is 0.493 e. The number of aromatic amines is 1. The lowest BCUT2D eigenvalue weighted by Gasteiger charge is -2.12. The molecular formula is C19H24N2O4. The fourth-order valence-electron chi connectivity index (χ4n) is 2.96. The normalized spacial score (nSPS) is 11.3. The number of hydrogen-bond donors (Lipinski definition) is 1. The Morgan fingerprint density at radius 1 is 0.880 bits per heavy atom. The summed E-state index contributed by atoms with van der Waals surface area (Å²) in [6.45, 7) is 1.47. The highest BCUT2D eigenvalue weighted by molar-refractivity contribution is 6.12. The first-order valence-electron chi connectivity index (χ1n) is 8.11. The van der Waals surface area contributed by atoms with E-state index in [1.807, 2.05) is 32.3 Å². The van der Waals surface area contributed by atoms with Gasteiger partial charge in [0.25, 0.3) is 0 Å². The second-order valence-corrected chi connectivity index (χ2v) is 6.02. The van der Waals surface area contributed by atoms with Gasteiger partial charge in [0, 0.05) is 17.3 Å². The van der Waals surface area contributed by atoms with Gasteiger partial charge in [-0.2, -0.15) is 0 Å². The number of hydrogen-bond acceptors (Lipinski definition) is 5. The molecular weight excluding hydrogens is 320 g/mol. The van der Waals surface area contributed by atoms with Crippen LogP contribution in [0.2, 0.25) is 0 Å². The van der Waals surface area contributed by atoms with Crippen LogP contribution < -0.4 is 18.9 Å². The second-order valence-electron chi connectivity index (χ2n) is 6.02. The molecule has 1 aromatic heterocycles. The molecule has 0 radical (unpaired) electrons. The van der Waals surface area contributed by atoms with Gasteiger partial charge in [0.15, 0.2) is 11.5 Å². The van der Waals surface area contributed by atoms with Crippen LogP contribution in [0.4, 0.5) is 0 Å². The molecule has 0 unspecified atom stereocenters. The Bertz CT molecular complexity index is 886. The lowest BCUT2D eigenvalue weighted by Crippen LogP contribution is -2.19. The van der Waals surface area contributed by atoms with Gasteiger partial charge in [-0.25, -0.2) is 0 Å². The van der Waals surface area contributed by atoms with Crippen molar-refractivity contribution in [3.8, 4) is 23.0 Å². The molecule has 134 valence electrons. The quantitative estimate of drug-likeness (QED) is 0.713. The van der Waals surface area contributed by atoms with E-state index in [1.165, 1.54) is 0 Å². The van der Waals surface area contributed by atoms with Gasteiger partial charge in [0.1, 0.15) is 12.4 Å². The standard InChI is InChI=1S/C19H24N2O4/c1-21(2)9-10-25-14-8-6-7-12-13-11-15(22-3)18(23-4)19(24-5)17(13)20-16(12)14/h6-8,11,20H,9-10H2,1-5H3. The van der Waals surface area contributed by atoms with E-state index in [2.05, 4.69) is 16.0 Å². The van der Waals surface area contributed by atoms with Crippen molar-refractivity contribution in [2.24, 2.45) is 0 Å². The zero-order valence-corrected chi connectivity index (χ0v) is 15.3. The molecule has 0 saturated carbocycles. The Kier molecular flexibility index (Phi) is 4.90. The number of benzene rings is 2. The molecule has 0 aliphatic rings. The van der Waals surface area contributed by atoms with E-state index >= 15 is 0 Å². The summed E-state index contributed by atoms with van der Waals surface area (Å²) in [5, 5.41) is 2.05. The van der Waals surface area contributed by atoms with Gasteiger partial charge < -0.3 is 28.8 Å². The van der Waals surface area contributed by atoms with Gasteiger partial charge in [0.2, 0.25) is 5.75 Å². The number of nitrogens with zero attached hydrogens (tertiary/aromatic N) is 1. The second kappa shape index (κ2) is 7.11. The van der Waals surface area contributed by atoms with E-state index in [4.69, 9.17) is 18.9 Å². The van der Waals surface area contributed by atoms with E-state index in [0.29, 0.717) is 23.9 Å². The Balaban J connectivity index is 2.18. The first kappa shape index (κ1) is 17.2. The minimum atomic E-state index is 0.569. The van der Waals surface area contributed by atoms with Crippen LogP contribution in [0.1, 0.15) is 0 Å². The maximum absolute atomic E-state index is 5.97. The summed E-state index contributed by atoms with van der Waals surface area (Å²) in [5.41, 5.74) is 1.80. The van der Waals surface area contributed by atoms with Crippen LogP contribution in [0.5, 0.6) is 23.0 Å². The molecule has 25 heavy (non-hydrogen) atoms. The van der Waals surface area contributed by atoms with Crippen molar-refractivity contribution in [3.05, 3.63) is 24.3 Å². The number of methoxy groups -OCH3 is 3. The molecule has 3 aromatic rings. The number of fused-ring (bicyclic) bond motifs is 3.